The highest BCUT2D eigenvalue weighted by Crippen LogP contribution is 2.40. The van der Waals surface area contributed by atoms with Crippen LogP contribution in [0.25, 0.3) is 0 Å². The molecule has 0 aromatic heterocycles. The second kappa shape index (κ2) is 2.66. The maximum atomic E-state index is 6.17. The molecule has 1 atom stereocenters. The summed E-state index contributed by atoms with van der Waals surface area (Å²) in [5.41, 5.74) is 11.2. The standard InChI is InChI=1S/C12H15NO/c1-7-4-8-6-11-9(2-3-14-11)12(13)10(8)5-7/h6-7H,2-5,13H2,1H3/t7-/m0/s1. The van der Waals surface area contributed by atoms with Gasteiger partial charge in [-0.15, -0.1) is 0 Å². The molecule has 0 radical (unpaired) electrons. The molecular formula is C12H15NO. The second-order valence-corrected chi connectivity index (χ2v) is 4.52. The Kier molecular flexibility index (Phi) is 1.55. The molecule has 1 aromatic carbocycles. The van der Waals surface area contributed by atoms with E-state index in [1.54, 1.807) is 0 Å². The Labute approximate surface area is 84.1 Å². The van der Waals surface area contributed by atoms with Crippen LogP contribution in [0, 0.1) is 5.92 Å². The number of rotatable bonds is 0. The minimum Gasteiger partial charge on any atom is -0.493 e. The van der Waals surface area contributed by atoms with Gasteiger partial charge in [0.2, 0.25) is 0 Å². The van der Waals surface area contributed by atoms with E-state index in [4.69, 9.17) is 10.5 Å². The van der Waals surface area contributed by atoms with Crippen molar-refractivity contribution in [2.45, 2.75) is 26.2 Å². The lowest BCUT2D eigenvalue weighted by Gasteiger charge is -2.08. The quantitative estimate of drug-likeness (QED) is 0.633. The SMILES string of the molecule is C[C@H]1Cc2cc3c(c(N)c2C1)CCO3. The third kappa shape index (κ3) is 0.969. The molecule has 1 aromatic rings. The molecule has 2 heteroatoms. The lowest BCUT2D eigenvalue weighted by Crippen LogP contribution is -1.98. The van der Waals surface area contributed by atoms with Gasteiger partial charge in [-0.25, -0.2) is 0 Å². The smallest absolute Gasteiger partial charge is 0.124 e. The van der Waals surface area contributed by atoms with Crippen LogP contribution in [0.3, 0.4) is 0 Å². The second-order valence-electron chi connectivity index (χ2n) is 4.52. The molecule has 2 aliphatic rings. The van der Waals surface area contributed by atoms with Crippen molar-refractivity contribution in [2.75, 3.05) is 12.3 Å². The monoisotopic (exact) mass is 189 g/mol. The van der Waals surface area contributed by atoms with Crippen LogP contribution < -0.4 is 10.5 Å². The predicted molar refractivity (Wildman–Crippen MR) is 56.6 cm³/mol. The Balaban J connectivity index is 2.19. The molecule has 2 nitrogen and oxygen atoms in total. The van der Waals surface area contributed by atoms with Gasteiger partial charge in [0.15, 0.2) is 0 Å². The van der Waals surface area contributed by atoms with Crippen LogP contribution >= 0.6 is 0 Å². The van der Waals surface area contributed by atoms with Gasteiger partial charge in [0, 0.05) is 17.7 Å². The Hall–Kier alpha value is -1.18. The number of anilines is 1. The molecule has 0 unspecified atom stereocenters. The molecule has 0 saturated heterocycles. The molecular weight excluding hydrogens is 174 g/mol. The Morgan fingerprint density at radius 1 is 1.36 bits per heavy atom. The Morgan fingerprint density at radius 3 is 3.07 bits per heavy atom. The molecule has 1 heterocycles. The number of nitrogen functional groups attached to an aromatic ring is 1. The van der Waals surface area contributed by atoms with Gasteiger partial charge in [0.25, 0.3) is 0 Å². The van der Waals surface area contributed by atoms with E-state index >= 15 is 0 Å². The number of hydrogen-bond donors (Lipinski definition) is 1. The van der Waals surface area contributed by atoms with E-state index in [1.807, 2.05) is 0 Å². The lowest BCUT2D eigenvalue weighted by molar-refractivity contribution is 0.356. The van der Waals surface area contributed by atoms with E-state index in [9.17, 15) is 0 Å². The van der Waals surface area contributed by atoms with Crippen LogP contribution in [0.4, 0.5) is 5.69 Å². The fourth-order valence-electron chi connectivity index (χ4n) is 2.69. The van der Waals surface area contributed by atoms with Crippen molar-refractivity contribution in [3.8, 4) is 5.75 Å². The van der Waals surface area contributed by atoms with Crippen LogP contribution in [-0.4, -0.2) is 6.61 Å². The normalized spacial score (nSPS) is 23.1. The van der Waals surface area contributed by atoms with Crippen molar-refractivity contribution in [3.05, 3.63) is 22.8 Å². The average Bonchev–Trinajstić information content (AvgIpc) is 2.71. The number of nitrogens with two attached hydrogens (primary N) is 1. The van der Waals surface area contributed by atoms with Crippen molar-refractivity contribution in [3.63, 3.8) is 0 Å². The fraction of sp³-hybridized carbons (Fsp3) is 0.500. The summed E-state index contributed by atoms with van der Waals surface area (Å²) in [5, 5.41) is 0. The summed E-state index contributed by atoms with van der Waals surface area (Å²) >= 11 is 0. The van der Waals surface area contributed by atoms with E-state index in [1.165, 1.54) is 16.7 Å². The molecule has 0 fully saturated rings. The van der Waals surface area contributed by atoms with Gasteiger partial charge < -0.3 is 10.5 Å². The van der Waals surface area contributed by atoms with Crippen molar-refractivity contribution in [1.29, 1.82) is 0 Å². The van der Waals surface area contributed by atoms with Crippen molar-refractivity contribution < 1.29 is 4.74 Å². The van der Waals surface area contributed by atoms with E-state index < -0.39 is 0 Å². The first kappa shape index (κ1) is 8.16. The third-order valence-electron chi connectivity index (χ3n) is 3.37. The molecule has 0 bridgehead atoms. The van der Waals surface area contributed by atoms with Crippen LogP contribution in [0.1, 0.15) is 23.6 Å². The molecule has 0 amide bonds. The summed E-state index contributed by atoms with van der Waals surface area (Å²) in [5.74, 6) is 1.78. The highest BCUT2D eigenvalue weighted by molar-refractivity contribution is 5.65. The maximum absolute atomic E-state index is 6.17. The summed E-state index contributed by atoms with van der Waals surface area (Å²) in [6, 6.07) is 2.21. The topological polar surface area (TPSA) is 35.2 Å². The molecule has 1 aliphatic carbocycles. The summed E-state index contributed by atoms with van der Waals surface area (Å²) in [6.07, 6.45) is 3.30. The van der Waals surface area contributed by atoms with Crippen LogP contribution in [0.15, 0.2) is 6.07 Å². The molecule has 74 valence electrons. The number of benzene rings is 1. The van der Waals surface area contributed by atoms with Gasteiger partial charge in [-0.05, 0) is 36.0 Å². The third-order valence-corrected chi connectivity index (χ3v) is 3.37. The maximum Gasteiger partial charge on any atom is 0.124 e. The molecule has 14 heavy (non-hydrogen) atoms. The van der Waals surface area contributed by atoms with Gasteiger partial charge >= 0.3 is 0 Å². The first-order valence-corrected chi connectivity index (χ1v) is 5.31. The van der Waals surface area contributed by atoms with Gasteiger partial charge in [-0.3, -0.25) is 0 Å². The molecule has 0 saturated carbocycles. The summed E-state index contributed by atoms with van der Waals surface area (Å²) < 4.78 is 5.56. The summed E-state index contributed by atoms with van der Waals surface area (Å²) in [7, 11) is 0. The number of fused-ring (bicyclic) bond motifs is 2. The summed E-state index contributed by atoms with van der Waals surface area (Å²) in [4.78, 5) is 0. The first-order chi connectivity index (χ1) is 6.75. The average molecular weight is 189 g/mol. The highest BCUT2D eigenvalue weighted by Gasteiger charge is 2.26. The zero-order chi connectivity index (χ0) is 9.71. The largest absolute Gasteiger partial charge is 0.493 e. The predicted octanol–water partition coefficient (Wildman–Crippen LogP) is 1.94. The van der Waals surface area contributed by atoms with E-state index in [0.29, 0.717) is 0 Å². The highest BCUT2D eigenvalue weighted by atomic mass is 16.5. The van der Waals surface area contributed by atoms with Crippen molar-refractivity contribution >= 4 is 5.69 Å². The fourth-order valence-corrected chi connectivity index (χ4v) is 2.69. The van der Waals surface area contributed by atoms with Gasteiger partial charge in [0.1, 0.15) is 5.75 Å². The molecule has 3 rings (SSSR count). The molecule has 2 N–H and O–H groups in total. The molecule has 0 spiro atoms. The van der Waals surface area contributed by atoms with E-state index in [-0.39, 0.29) is 0 Å². The Bertz CT molecular complexity index is 398. The van der Waals surface area contributed by atoms with Gasteiger partial charge in [0.05, 0.1) is 6.61 Å². The minimum atomic E-state index is 0.745. The van der Waals surface area contributed by atoms with E-state index in [2.05, 4.69) is 13.0 Å². The molecule has 1 aliphatic heterocycles. The number of hydrogen-bond acceptors (Lipinski definition) is 2. The lowest BCUT2D eigenvalue weighted by atomic mass is 10.0. The minimum absolute atomic E-state index is 0.745. The van der Waals surface area contributed by atoms with Crippen LogP contribution in [0.2, 0.25) is 0 Å². The van der Waals surface area contributed by atoms with Crippen LogP contribution in [0.5, 0.6) is 5.75 Å². The van der Waals surface area contributed by atoms with Crippen LogP contribution in [-0.2, 0) is 19.3 Å². The number of ether oxygens (including phenoxy) is 1. The summed E-state index contributed by atoms with van der Waals surface area (Å²) in [6.45, 7) is 3.09. The Morgan fingerprint density at radius 2 is 2.21 bits per heavy atom. The zero-order valence-corrected chi connectivity index (χ0v) is 8.47. The van der Waals surface area contributed by atoms with Crippen molar-refractivity contribution in [1.82, 2.24) is 0 Å². The zero-order valence-electron chi connectivity index (χ0n) is 8.47. The first-order valence-electron chi connectivity index (χ1n) is 5.31. The van der Waals surface area contributed by atoms with Gasteiger partial charge in [-0.1, -0.05) is 6.92 Å². The van der Waals surface area contributed by atoms with Gasteiger partial charge in [-0.2, -0.15) is 0 Å². The van der Waals surface area contributed by atoms with Crippen molar-refractivity contribution in [2.24, 2.45) is 5.92 Å². The van der Waals surface area contributed by atoms with E-state index in [0.717, 1.165) is 43.2 Å².